The van der Waals surface area contributed by atoms with Crippen LogP contribution in [0.1, 0.15) is 32.8 Å². The van der Waals surface area contributed by atoms with Crippen LogP contribution in [0.2, 0.25) is 0 Å². The van der Waals surface area contributed by atoms with E-state index in [0.717, 1.165) is 28.7 Å². The summed E-state index contributed by atoms with van der Waals surface area (Å²) in [6.07, 6.45) is 1.00. The fourth-order valence-electron chi connectivity index (χ4n) is 1.88. The zero-order valence-electron chi connectivity index (χ0n) is 11.5. The van der Waals surface area contributed by atoms with Gasteiger partial charge in [-0.2, -0.15) is 0 Å². The van der Waals surface area contributed by atoms with Crippen molar-refractivity contribution in [3.63, 3.8) is 0 Å². The van der Waals surface area contributed by atoms with E-state index in [0.29, 0.717) is 4.99 Å². The Kier molecular flexibility index (Phi) is 3.71. The lowest BCUT2D eigenvalue weighted by atomic mass is 10.0. The van der Waals surface area contributed by atoms with E-state index < -0.39 is 0 Å². The predicted octanol–water partition coefficient (Wildman–Crippen LogP) is 3.47. The normalized spacial score (nSPS) is 11.5. The van der Waals surface area contributed by atoms with Crippen molar-refractivity contribution < 1.29 is 0 Å². The average molecular weight is 273 g/mol. The van der Waals surface area contributed by atoms with Crippen LogP contribution in [0.5, 0.6) is 0 Å². The second kappa shape index (κ2) is 5.13. The number of nitrogens with one attached hydrogen (secondary N) is 1. The summed E-state index contributed by atoms with van der Waals surface area (Å²) < 4.78 is 0. The Bertz CT molecular complexity index is 620. The number of hydrogen-bond acceptors (Lipinski definition) is 3. The monoisotopic (exact) mass is 273 g/mol. The van der Waals surface area contributed by atoms with E-state index >= 15 is 0 Å². The van der Waals surface area contributed by atoms with E-state index in [1.807, 2.05) is 30.3 Å². The number of rotatable bonds is 4. The van der Waals surface area contributed by atoms with Crippen molar-refractivity contribution in [2.75, 3.05) is 5.32 Å². The van der Waals surface area contributed by atoms with Gasteiger partial charge < -0.3 is 11.1 Å². The predicted molar refractivity (Wildman–Crippen MR) is 85.6 cm³/mol. The molecule has 0 fully saturated rings. The number of nitrogens with two attached hydrogens (primary N) is 1. The topological polar surface area (TPSA) is 50.9 Å². The van der Waals surface area contributed by atoms with Crippen LogP contribution < -0.4 is 11.1 Å². The SMILES string of the molecule is CCC(C)(C)Nc1cc(C(N)=S)c2ccccc2n1. The Balaban J connectivity index is 2.55. The lowest BCUT2D eigenvalue weighted by molar-refractivity contribution is 0.545. The smallest absolute Gasteiger partial charge is 0.127 e. The summed E-state index contributed by atoms with van der Waals surface area (Å²) in [7, 11) is 0. The molecule has 4 heteroatoms. The van der Waals surface area contributed by atoms with Crippen LogP contribution in [0, 0.1) is 0 Å². The van der Waals surface area contributed by atoms with Crippen LogP contribution in [-0.4, -0.2) is 15.5 Å². The molecule has 0 saturated carbocycles. The molecule has 3 nitrogen and oxygen atoms in total. The summed E-state index contributed by atoms with van der Waals surface area (Å²) in [6.45, 7) is 6.43. The molecule has 0 amide bonds. The van der Waals surface area contributed by atoms with Crippen LogP contribution >= 0.6 is 12.2 Å². The van der Waals surface area contributed by atoms with Crippen LogP contribution in [0.4, 0.5) is 5.82 Å². The quantitative estimate of drug-likeness (QED) is 0.838. The highest BCUT2D eigenvalue weighted by atomic mass is 32.1. The highest BCUT2D eigenvalue weighted by Crippen LogP contribution is 2.23. The van der Waals surface area contributed by atoms with Gasteiger partial charge >= 0.3 is 0 Å². The van der Waals surface area contributed by atoms with Gasteiger partial charge in [0, 0.05) is 16.5 Å². The lowest BCUT2D eigenvalue weighted by Crippen LogP contribution is -2.30. The van der Waals surface area contributed by atoms with Crippen molar-refractivity contribution in [1.29, 1.82) is 0 Å². The van der Waals surface area contributed by atoms with Crippen LogP contribution in [0.25, 0.3) is 10.9 Å². The summed E-state index contributed by atoms with van der Waals surface area (Å²) in [4.78, 5) is 5.02. The Morgan fingerprint density at radius 2 is 2.05 bits per heavy atom. The van der Waals surface area contributed by atoms with Gasteiger partial charge in [0.2, 0.25) is 0 Å². The van der Waals surface area contributed by atoms with E-state index in [4.69, 9.17) is 18.0 Å². The molecule has 2 aromatic rings. The molecule has 2 rings (SSSR count). The molecule has 0 bridgehead atoms. The lowest BCUT2D eigenvalue weighted by Gasteiger charge is -2.25. The second-order valence-corrected chi connectivity index (χ2v) is 5.74. The molecule has 0 unspecified atom stereocenters. The maximum Gasteiger partial charge on any atom is 0.127 e. The first-order valence-corrected chi connectivity index (χ1v) is 6.81. The minimum absolute atomic E-state index is 0.0110. The number of thiocarbonyl (C=S) groups is 1. The summed E-state index contributed by atoms with van der Waals surface area (Å²) in [6, 6.07) is 9.83. The first kappa shape index (κ1) is 13.7. The average Bonchev–Trinajstić information content (AvgIpc) is 2.37. The van der Waals surface area contributed by atoms with E-state index in [9.17, 15) is 0 Å². The molecule has 0 aliphatic carbocycles. The third-order valence-electron chi connectivity index (χ3n) is 3.33. The van der Waals surface area contributed by atoms with Crippen molar-refractivity contribution in [2.45, 2.75) is 32.7 Å². The zero-order chi connectivity index (χ0) is 14.0. The van der Waals surface area contributed by atoms with Gasteiger partial charge in [0.05, 0.1) is 5.52 Å². The van der Waals surface area contributed by atoms with Crippen LogP contribution in [0.15, 0.2) is 30.3 Å². The fourth-order valence-corrected chi connectivity index (χ4v) is 2.05. The van der Waals surface area contributed by atoms with Gasteiger partial charge in [0.1, 0.15) is 10.8 Å². The minimum atomic E-state index is -0.0110. The summed E-state index contributed by atoms with van der Waals surface area (Å²) in [5, 5.41) is 4.42. The van der Waals surface area contributed by atoms with Crippen LogP contribution in [-0.2, 0) is 0 Å². The molecule has 19 heavy (non-hydrogen) atoms. The molecule has 1 aromatic heterocycles. The summed E-state index contributed by atoms with van der Waals surface area (Å²) in [5.41, 5.74) is 7.59. The Labute approximate surface area is 119 Å². The van der Waals surface area contributed by atoms with Gasteiger partial charge in [-0.1, -0.05) is 37.3 Å². The van der Waals surface area contributed by atoms with Crippen molar-refractivity contribution in [3.05, 3.63) is 35.9 Å². The van der Waals surface area contributed by atoms with Gasteiger partial charge in [0.25, 0.3) is 0 Å². The van der Waals surface area contributed by atoms with E-state index in [1.54, 1.807) is 0 Å². The molecule has 0 saturated heterocycles. The molecular weight excluding hydrogens is 254 g/mol. The Hall–Kier alpha value is -1.68. The van der Waals surface area contributed by atoms with Crippen LogP contribution in [0.3, 0.4) is 0 Å². The van der Waals surface area contributed by atoms with Gasteiger partial charge in [-0.05, 0) is 32.4 Å². The number of nitrogens with zero attached hydrogens (tertiary/aromatic N) is 1. The maximum atomic E-state index is 5.82. The third kappa shape index (κ3) is 3.01. The van der Waals surface area contributed by atoms with Crippen molar-refractivity contribution >= 4 is 33.9 Å². The molecular formula is C15H19N3S. The Morgan fingerprint density at radius 3 is 2.68 bits per heavy atom. The molecule has 0 spiro atoms. The Morgan fingerprint density at radius 1 is 1.37 bits per heavy atom. The third-order valence-corrected chi connectivity index (χ3v) is 3.55. The minimum Gasteiger partial charge on any atom is -0.389 e. The summed E-state index contributed by atoms with van der Waals surface area (Å²) >= 11 is 5.14. The van der Waals surface area contributed by atoms with E-state index in [-0.39, 0.29) is 5.54 Å². The summed E-state index contributed by atoms with van der Waals surface area (Å²) in [5.74, 6) is 0.813. The van der Waals surface area contributed by atoms with E-state index in [1.165, 1.54) is 0 Å². The van der Waals surface area contributed by atoms with Gasteiger partial charge in [-0.25, -0.2) is 4.98 Å². The van der Waals surface area contributed by atoms with Crippen molar-refractivity contribution in [2.24, 2.45) is 5.73 Å². The zero-order valence-corrected chi connectivity index (χ0v) is 12.3. The van der Waals surface area contributed by atoms with Crippen molar-refractivity contribution in [3.8, 4) is 0 Å². The molecule has 0 aliphatic heterocycles. The van der Waals surface area contributed by atoms with Gasteiger partial charge in [0.15, 0.2) is 0 Å². The number of aromatic nitrogens is 1. The maximum absolute atomic E-state index is 5.82. The fraction of sp³-hybridized carbons (Fsp3) is 0.333. The van der Waals surface area contributed by atoms with Crippen molar-refractivity contribution in [1.82, 2.24) is 4.98 Å². The highest BCUT2D eigenvalue weighted by Gasteiger charge is 2.16. The molecule has 1 aromatic carbocycles. The molecule has 100 valence electrons. The highest BCUT2D eigenvalue weighted by molar-refractivity contribution is 7.80. The first-order valence-electron chi connectivity index (χ1n) is 6.41. The number of benzene rings is 1. The largest absolute Gasteiger partial charge is 0.389 e. The molecule has 0 radical (unpaired) electrons. The first-order chi connectivity index (χ1) is 8.93. The molecule has 3 N–H and O–H groups in total. The number of hydrogen-bond donors (Lipinski definition) is 2. The van der Waals surface area contributed by atoms with E-state index in [2.05, 4.69) is 31.1 Å². The number of anilines is 1. The number of para-hydroxylation sites is 1. The second-order valence-electron chi connectivity index (χ2n) is 5.30. The standard InChI is InChI=1S/C15H19N3S/c1-4-15(2,3)18-13-9-11(14(16)19)10-7-5-6-8-12(10)17-13/h5-9H,4H2,1-3H3,(H2,16,19)(H,17,18). The molecule has 0 atom stereocenters. The number of pyridine rings is 1. The van der Waals surface area contributed by atoms with Gasteiger partial charge in [-0.3, -0.25) is 0 Å². The molecule has 1 heterocycles. The number of fused-ring (bicyclic) bond motifs is 1. The molecule has 0 aliphatic rings. The van der Waals surface area contributed by atoms with Gasteiger partial charge in [-0.15, -0.1) is 0 Å².